The van der Waals surface area contributed by atoms with E-state index in [9.17, 15) is 0 Å². The minimum absolute atomic E-state index is 0. The van der Waals surface area contributed by atoms with Gasteiger partial charge in [0.2, 0.25) is 0 Å². The molecule has 0 saturated heterocycles. The third-order valence-corrected chi connectivity index (χ3v) is 10.1. The molecule has 0 amide bonds. The van der Waals surface area contributed by atoms with Crippen molar-refractivity contribution in [3.63, 3.8) is 0 Å². The molecule has 0 bridgehead atoms. The molecule has 3 rings (SSSR count). The summed E-state index contributed by atoms with van der Waals surface area (Å²) >= 11 is 0. The topological polar surface area (TPSA) is 20.2 Å². The van der Waals surface area contributed by atoms with E-state index < -0.39 is 7.26 Å². The summed E-state index contributed by atoms with van der Waals surface area (Å²) in [6.07, 6.45) is 4.29. The van der Waals surface area contributed by atoms with Crippen molar-refractivity contribution >= 4 is 40.2 Å². The van der Waals surface area contributed by atoms with Crippen LogP contribution in [0.25, 0.3) is 0 Å². The van der Waals surface area contributed by atoms with Gasteiger partial charge < -0.3 is 0 Å². The van der Waals surface area contributed by atoms with Gasteiger partial charge in [0.25, 0.3) is 0 Å². The van der Waals surface area contributed by atoms with Crippen molar-refractivity contribution < 1.29 is 5.11 Å². The quantitative estimate of drug-likeness (QED) is 0.413. The predicted molar refractivity (Wildman–Crippen MR) is 123 cm³/mol. The number of hydrogen-bond acceptors (Lipinski definition) is 1. The van der Waals surface area contributed by atoms with Crippen LogP contribution in [0.4, 0.5) is 0 Å². The fourth-order valence-corrected chi connectivity index (χ4v) is 8.71. The minimum atomic E-state index is -2.06. The van der Waals surface area contributed by atoms with Crippen molar-refractivity contribution in [3.05, 3.63) is 91.0 Å². The van der Waals surface area contributed by atoms with Gasteiger partial charge in [-0.1, -0.05) is 0 Å². The summed E-state index contributed by atoms with van der Waals surface area (Å²) in [6, 6.07) is 33.1. The van der Waals surface area contributed by atoms with E-state index in [0.717, 1.165) is 19.3 Å². The van der Waals surface area contributed by atoms with E-state index in [1.807, 2.05) is 0 Å². The Morgan fingerprint density at radius 3 is 1.27 bits per heavy atom. The van der Waals surface area contributed by atoms with Crippen LogP contribution in [0.5, 0.6) is 0 Å². The molecule has 0 radical (unpaired) electrons. The molecular weight excluding hydrogens is 403 g/mol. The number of aliphatic hydroxyl groups excluding tert-OH is 1. The Balaban J connectivity index is 0.00000243. The van der Waals surface area contributed by atoms with E-state index in [0.29, 0.717) is 0 Å². The first kappa shape index (κ1) is 20.8. The summed E-state index contributed by atoms with van der Waals surface area (Å²) in [7, 11) is -2.06. The summed E-state index contributed by atoms with van der Waals surface area (Å²) in [5.41, 5.74) is 0. The number of unbranched alkanes of at least 4 members (excludes halogenated alkanes) is 2. The van der Waals surface area contributed by atoms with Gasteiger partial charge in [-0.3, -0.25) is 0 Å². The van der Waals surface area contributed by atoms with E-state index in [4.69, 9.17) is 5.11 Å². The molecule has 3 aromatic rings. The van der Waals surface area contributed by atoms with Crippen molar-refractivity contribution in [2.75, 3.05) is 12.8 Å². The number of aliphatic hydroxyl groups is 1. The summed E-state index contributed by atoms with van der Waals surface area (Å²) in [5.74, 6) is 0. The van der Waals surface area contributed by atoms with Crippen molar-refractivity contribution in [3.8, 4) is 0 Å². The van der Waals surface area contributed by atoms with Gasteiger partial charge in [0.05, 0.1) is 0 Å². The Morgan fingerprint density at radius 2 is 0.923 bits per heavy atom. The fraction of sp³-hybridized carbons (Fsp3) is 0.217. The summed E-state index contributed by atoms with van der Waals surface area (Å²) in [5, 5.41) is 13.6. The zero-order valence-corrected chi connectivity index (χ0v) is 17.8. The standard InChI is InChI=1S/C23H27OP.BrH/c24-19-11-4-12-20-25(21-13-5-1-6-14-21,22-15-7-2-8-16-22)23-17-9-3-10-18-23;/h1-3,5-10,13-18,24-25H,4,11-12,19-20H2;1H. The van der Waals surface area contributed by atoms with Crippen LogP contribution in [-0.2, 0) is 0 Å². The molecule has 0 heterocycles. The monoisotopic (exact) mass is 430 g/mol. The first-order valence-corrected chi connectivity index (χ1v) is 11.4. The maximum absolute atomic E-state index is 9.16. The third kappa shape index (κ3) is 4.62. The Kier molecular flexibility index (Phi) is 8.51. The second-order valence-electron chi connectivity index (χ2n) is 6.54. The molecule has 0 atom stereocenters. The van der Waals surface area contributed by atoms with Crippen LogP contribution in [0.2, 0.25) is 0 Å². The van der Waals surface area contributed by atoms with E-state index in [2.05, 4.69) is 91.0 Å². The normalized spacial score (nSPS) is 11.6. The molecule has 138 valence electrons. The Labute approximate surface area is 168 Å². The second kappa shape index (κ2) is 10.6. The van der Waals surface area contributed by atoms with Gasteiger partial charge in [-0.15, -0.1) is 17.0 Å². The van der Waals surface area contributed by atoms with Crippen LogP contribution in [0.15, 0.2) is 91.0 Å². The van der Waals surface area contributed by atoms with Crippen molar-refractivity contribution in [2.24, 2.45) is 0 Å². The Hall–Kier alpha value is -1.47. The van der Waals surface area contributed by atoms with Crippen molar-refractivity contribution in [2.45, 2.75) is 19.3 Å². The van der Waals surface area contributed by atoms with Crippen LogP contribution < -0.4 is 15.9 Å². The molecule has 0 aliphatic rings. The van der Waals surface area contributed by atoms with Gasteiger partial charge >= 0.3 is 151 Å². The van der Waals surface area contributed by atoms with Crippen molar-refractivity contribution in [1.82, 2.24) is 0 Å². The van der Waals surface area contributed by atoms with Gasteiger partial charge in [-0.05, 0) is 0 Å². The molecular formula is C23H28BrOP. The van der Waals surface area contributed by atoms with Gasteiger partial charge in [0.1, 0.15) is 0 Å². The Bertz CT molecular complexity index is 650. The summed E-state index contributed by atoms with van der Waals surface area (Å²) in [6.45, 7) is 0.288. The van der Waals surface area contributed by atoms with E-state index >= 15 is 0 Å². The number of rotatable bonds is 8. The van der Waals surface area contributed by atoms with Gasteiger partial charge in [-0.25, -0.2) is 0 Å². The average molecular weight is 431 g/mol. The van der Waals surface area contributed by atoms with Gasteiger partial charge in [0.15, 0.2) is 0 Å². The third-order valence-electron chi connectivity index (χ3n) is 5.01. The van der Waals surface area contributed by atoms with E-state index in [1.165, 1.54) is 22.1 Å². The fourth-order valence-electron chi connectivity index (χ4n) is 3.78. The van der Waals surface area contributed by atoms with Crippen LogP contribution in [0.1, 0.15) is 19.3 Å². The first-order chi connectivity index (χ1) is 12.4. The summed E-state index contributed by atoms with van der Waals surface area (Å²) in [4.78, 5) is 0. The molecule has 0 aliphatic heterocycles. The maximum atomic E-state index is 9.16. The van der Waals surface area contributed by atoms with E-state index in [-0.39, 0.29) is 23.6 Å². The van der Waals surface area contributed by atoms with Gasteiger partial charge in [-0.2, -0.15) is 0 Å². The zero-order valence-electron chi connectivity index (χ0n) is 15.1. The molecule has 3 aromatic carbocycles. The molecule has 0 unspecified atom stereocenters. The molecule has 1 nitrogen and oxygen atoms in total. The predicted octanol–water partition coefficient (Wildman–Crippen LogP) is 4.45. The molecule has 0 fully saturated rings. The number of hydrogen-bond donors (Lipinski definition) is 1. The first-order valence-electron chi connectivity index (χ1n) is 9.15. The van der Waals surface area contributed by atoms with Crippen LogP contribution in [0.3, 0.4) is 0 Å². The van der Waals surface area contributed by atoms with Gasteiger partial charge in [0, 0.05) is 0 Å². The van der Waals surface area contributed by atoms with E-state index in [1.54, 1.807) is 0 Å². The molecule has 1 N–H and O–H groups in total. The van der Waals surface area contributed by atoms with Crippen molar-refractivity contribution in [1.29, 1.82) is 0 Å². The molecule has 0 spiro atoms. The molecule has 0 aromatic heterocycles. The van der Waals surface area contributed by atoms with Crippen LogP contribution in [0, 0.1) is 0 Å². The molecule has 3 heteroatoms. The second-order valence-corrected chi connectivity index (χ2v) is 10.6. The molecule has 0 aliphatic carbocycles. The zero-order chi connectivity index (χ0) is 17.4. The summed E-state index contributed by atoms with van der Waals surface area (Å²) < 4.78 is 0. The van der Waals surface area contributed by atoms with Crippen LogP contribution >= 0.6 is 24.2 Å². The molecule has 26 heavy (non-hydrogen) atoms. The number of halogens is 1. The molecule has 0 saturated carbocycles. The number of benzene rings is 3. The SMILES string of the molecule is Br.OCCCCC[PH](c1ccccc1)(c1ccccc1)c1ccccc1. The average Bonchev–Trinajstić information content (AvgIpc) is 2.70. The Morgan fingerprint density at radius 1 is 0.538 bits per heavy atom. The van der Waals surface area contributed by atoms with Crippen LogP contribution in [-0.4, -0.2) is 17.9 Å².